The first-order chi connectivity index (χ1) is 7.25. The zero-order chi connectivity index (χ0) is 10.4. The van der Waals surface area contributed by atoms with Crippen LogP contribution in [-0.2, 0) is 11.2 Å². The van der Waals surface area contributed by atoms with Crippen LogP contribution < -0.4 is 5.32 Å². The Balaban J connectivity index is 1.69. The van der Waals surface area contributed by atoms with Crippen molar-refractivity contribution in [2.45, 2.75) is 18.9 Å². The normalized spacial score (nSPS) is 32.7. The first-order valence-electron chi connectivity index (χ1n) is 5.23. The van der Waals surface area contributed by atoms with Crippen LogP contribution in [0.25, 0.3) is 0 Å². The van der Waals surface area contributed by atoms with E-state index < -0.39 is 0 Å². The Morgan fingerprint density at radius 1 is 1.67 bits per heavy atom. The van der Waals surface area contributed by atoms with Crippen molar-refractivity contribution in [2.75, 3.05) is 6.54 Å². The molecule has 1 saturated carbocycles. The minimum atomic E-state index is 0.267. The van der Waals surface area contributed by atoms with Gasteiger partial charge in [-0.1, -0.05) is 11.6 Å². The second-order valence-electron chi connectivity index (χ2n) is 4.37. The first-order valence-corrected chi connectivity index (χ1v) is 6.49. The molecule has 1 N–H and O–H groups in total. The van der Waals surface area contributed by atoms with E-state index in [1.807, 2.05) is 11.4 Å². The van der Waals surface area contributed by atoms with E-state index in [-0.39, 0.29) is 5.92 Å². The van der Waals surface area contributed by atoms with Gasteiger partial charge in [0.05, 0.1) is 5.02 Å². The monoisotopic (exact) mass is 241 g/mol. The lowest BCUT2D eigenvalue weighted by Crippen LogP contribution is -2.42. The second kappa shape index (κ2) is 3.58. The van der Waals surface area contributed by atoms with Crippen LogP contribution in [0.5, 0.6) is 0 Å². The molecule has 0 aromatic carbocycles. The summed E-state index contributed by atoms with van der Waals surface area (Å²) in [5.41, 5.74) is 0. The van der Waals surface area contributed by atoms with Crippen LogP contribution in [-0.4, -0.2) is 18.4 Å². The third kappa shape index (κ3) is 1.53. The molecule has 15 heavy (non-hydrogen) atoms. The molecule has 2 nitrogen and oxygen atoms in total. The van der Waals surface area contributed by atoms with Crippen LogP contribution >= 0.6 is 22.9 Å². The Morgan fingerprint density at radius 3 is 3.07 bits per heavy atom. The number of thiophene rings is 1. The molecule has 1 aromatic rings. The number of carbonyl (C=O) groups is 1. The Bertz CT molecular complexity index is 389. The van der Waals surface area contributed by atoms with Gasteiger partial charge in [-0.05, 0) is 30.3 Å². The third-order valence-corrected chi connectivity index (χ3v) is 4.92. The summed E-state index contributed by atoms with van der Waals surface area (Å²) >= 11 is 7.56. The van der Waals surface area contributed by atoms with Gasteiger partial charge in [-0.2, -0.15) is 0 Å². The van der Waals surface area contributed by atoms with Crippen molar-refractivity contribution in [2.24, 2.45) is 11.8 Å². The van der Waals surface area contributed by atoms with Crippen molar-refractivity contribution >= 4 is 28.7 Å². The van der Waals surface area contributed by atoms with E-state index in [0.29, 0.717) is 24.2 Å². The van der Waals surface area contributed by atoms with E-state index in [9.17, 15) is 4.79 Å². The Hall–Kier alpha value is -0.380. The fourth-order valence-corrected chi connectivity index (χ4v) is 3.80. The lowest BCUT2D eigenvalue weighted by molar-refractivity contribution is -0.126. The molecule has 0 radical (unpaired) electrons. The van der Waals surface area contributed by atoms with Gasteiger partial charge in [0.1, 0.15) is 5.78 Å². The minimum Gasteiger partial charge on any atom is -0.313 e. The summed E-state index contributed by atoms with van der Waals surface area (Å²) < 4.78 is 0. The van der Waals surface area contributed by atoms with Crippen LogP contribution in [0, 0.1) is 11.8 Å². The molecule has 3 atom stereocenters. The molecule has 2 saturated heterocycles. The van der Waals surface area contributed by atoms with Crippen molar-refractivity contribution < 1.29 is 4.79 Å². The maximum Gasteiger partial charge on any atom is 0.143 e. The van der Waals surface area contributed by atoms with Crippen molar-refractivity contribution in [3.63, 3.8) is 0 Å². The maximum atomic E-state index is 12.0. The van der Waals surface area contributed by atoms with Gasteiger partial charge in [0, 0.05) is 23.3 Å². The molecule has 4 rings (SSSR count). The topological polar surface area (TPSA) is 29.1 Å². The molecule has 2 bridgehead atoms. The van der Waals surface area contributed by atoms with E-state index in [1.165, 1.54) is 6.42 Å². The molecular formula is C11H12ClNOS. The van der Waals surface area contributed by atoms with Crippen LogP contribution in [0.2, 0.25) is 5.02 Å². The van der Waals surface area contributed by atoms with Gasteiger partial charge >= 0.3 is 0 Å². The standard InChI is InChI=1S/C11H12ClNOS/c12-7-1-2-15-10(7)4-9(14)11-6-3-8(11)13-5-6/h1-2,6,8,11,13H,3-5H2. The quantitative estimate of drug-likeness (QED) is 0.879. The van der Waals surface area contributed by atoms with Crippen LogP contribution in [0.1, 0.15) is 11.3 Å². The largest absolute Gasteiger partial charge is 0.313 e. The molecule has 3 aliphatic rings. The smallest absolute Gasteiger partial charge is 0.143 e. The summed E-state index contributed by atoms with van der Waals surface area (Å²) in [7, 11) is 0. The molecule has 1 aliphatic carbocycles. The molecule has 3 heterocycles. The number of hydrogen-bond donors (Lipinski definition) is 1. The van der Waals surface area contributed by atoms with Gasteiger partial charge in [-0.15, -0.1) is 11.3 Å². The second-order valence-corrected chi connectivity index (χ2v) is 5.78. The Morgan fingerprint density at radius 2 is 2.53 bits per heavy atom. The molecule has 1 aromatic heterocycles. The fourth-order valence-electron chi connectivity index (χ4n) is 2.69. The molecule has 0 amide bonds. The van der Waals surface area contributed by atoms with E-state index >= 15 is 0 Å². The number of hydrogen-bond acceptors (Lipinski definition) is 3. The fraction of sp³-hybridized carbons (Fsp3) is 0.545. The van der Waals surface area contributed by atoms with Gasteiger partial charge < -0.3 is 5.32 Å². The lowest BCUT2D eigenvalue weighted by atomic mass is 9.71. The van der Waals surface area contributed by atoms with E-state index in [4.69, 9.17) is 11.6 Å². The van der Waals surface area contributed by atoms with Crippen molar-refractivity contribution in [1.82, 2.24) is 5.32 Å². The number of nitrogens with one attached hydrogen (secondary N) is 1. The molecule has 4 heteroatoms. The summed E-state index contributed by atoms with van der Waals surface area (Å²) in [6.07, 6.45) is 1.71. The highest BCUT2D eigenvalue weighted by Crippen LogP contribution is 2.41. The van der Waals surface area contributed by atoms with Crippen molar-refractivity contribution in [3.05, 3.63) is 21.3 Å². The number of ketones is 1. The lowest BCUT2D eigenvalue weighted by Gasteiger charge is -2.33. The zero-order valence-corrected chi connectivity index (χ0v) is 9.77. The zero-order valence-electron chi connectivity index (χ0n) is 8.20. The van der Waals surface area contributed by atoms with Crippen molar-refractivity contribution in [1.29, 1.82) is 0 Å². The highest BCUT2D eigenvalue weighted by molar-refractivity contribution is 7.10. The summed E-state index contributed by atoms with van der Waals surface area (Å²) in [6.45, 7) is 1.03. The maximum absolute atomic E-state index is 12.0. The highest BCUT2D eigenvalue weighted by atomic mass is 35.5. The van der Waals surface area contributed by atoms with Gasteiger partial charge in [0.2, 0.25) is 0 Å². The van der Waals surface area contributed by atoms with Gasteiger partial charge in [0.25, 0.3) is 0 Å². The van der Waals surface area contributed by atoms with E-state index in [0.717, 1.165) is 16.4 Å². The number of Topliss-reactive ketones (excluding diaryl/α,β-unsaturated/α-hetero) is 1. The Kier molecular flexibility index (Phi) is 2.34. The molecule has 3 unspecified atom stereocenters. The number of halogens is 1. The van der Waals surface area contributed by atoms with Crippen LogP contribution in [0.15, 0.2) is 11.4 Å². The minimum absolute atomic E-state index is 0.267. The average Bonchev–Trinajstić information content (AvgIpc) is 2.81. The Labute approximate surface area is 97.6 Å². The summed E-state index contributed by atoms with van der Waals surface area (Å²) in [4.78, 5) is 13.0. The SMILES string of the molecule is O=C(Cc1sccc1Cl)C1C2CNC1C2. The molecular weight excluding hydrogens is 230 g/mol. The van der Waals surface area contributed by atoms with Gasteiger partial charge in [-0.25, -0.2) is 0 Å². The average molecular weight is 242 g/mol. The highest BCUT2D eigenvalue weighted by Gasteiger charge is 2.50. The summed E-state index contributed by atoms with van der Waals surface area (Å²) in [5, 5.41) is 6.05. The van der Waals surface area contributed by atoms with Gasteiger partial charge in [0.15, 0.2) is 0 Å². The summed E-state index contributed by atoms with van der Waals surface area (Å²) in [6, 6.07) is 2.32. The number of carbonyl (C=O) groups excluding carboxylic acids is 1. The number of fused-ring (bicyclic) bond motifs is 1. The predicted molar refractivity (Wildman–Crippen MR) is 61.4 cm³/mol. The summed E-state index contributed by atoms with van der Waals surface area (Å²) in [5.74, 6) is 1.23. The van der Waals surface area contributed by atoms with Crippen molar-refractivity contribution in [3.8, 4) is 0 Å². The molecule has 80 valence electrons. The van der Waals surface area contributed by atoms with E-state index in [2.05, 4.69) is 5.32 Å². The molecule has 0 spiro atoms. The predicted octanol–water partition coefficient (Wildman–Crippen LogP) is 2.12. The third-order valence-electron chi connectivity index (χ3n) is 3.54. The molecule has 3 fully saturated rings. The molecule has 2 aliphatic heterocycles. The first kappa shape index (κ1) is 9.82. The van der Waals surface area contributed by atoms with E-state index in [1.54, 1.807) is 11.3 Å². The van der Waals surface area contributed by atoms with Gasteiger partial charge in [-0.3, -0.25) is 4.79 Å². The number of rotatable bonds is 3. The van der Waals surface area contributed by atoms with Crippen LogP contribution in [0.4, 0.5) is 0 Å². The van der Waals surface area contributed by atoms with Crippen LogP contribution in [0.3, 0.4) is 0 Å².